The Hall–Kier alpha value is -2.77. The van der Waals surface area contributed by atoms with Crippen LogP contribution in [0, 0.1) is 16.7 Å². The van der Waals surface area contributed by atoms with Gasteiger partial charge < -0.3 is 29.7 Å². The fraction of sp³-hybridized carbons (Fsp3) is 0.618. The van der Waals surface area contributed by atoms with E-state index in [9.17, 15) is 9.90 Å². The summed E-state index contributed by atoms with van der Waals surface area (Å²) in [4.78, 5) is 18.0. The summed E-state index contributed by atoms with van der Waals surface area (Å²) < 4.78 is 11.2. The molecule has 0 spiro atoms. The molecular formula is C34H49N3O4. The van der Waals surface area contributed by atoms with Crippen molar-refractivity contribution in [2.24, 2.45) is 16.7 Å². The molecule has 2 N–H and O–H groups in total. The molecule has 0 radical (unpaired) electrons. The SMILES string of the molecule is COc1ccccc1CN[C@H]1CC(C)(C)[C@@H]2C[C@@](C)(O)CC[C@]12CCC(=O)N1CCN(c2ccccc2OC)CC1. The highest BCUT2D eigenvalue weighted by Crippen LogP contribution is 2.64. The monoisotopic (exact) mass is 563 g/mol. The molecular weight excluding hydrogens is 514 g/mol. The molecule has 2 aromatic rings. The van der Waals surface area contributed by atoms with Gasteiger partial charge in [-0.2, -0.15) is 0 Å². The number of ether oxygens (including phenoxy) is 2. The number of carbonyl (C=O) groups excluding carboxylic acids is 1. The smallest absolute Gasteiger partial charge is 0.222 e. The summed E-state index contributed by atoms with van der Waals surface area (Å²) in [6.45, 7) is 10.5. The Morgan fingerprint density at radius 3 is 2.29 bits per heavy atom. The minimum atomic E-state index is -0.651. The predicted octanol–water partition coefficient (Wildman–Crippen LogP) is 5.26. The molecule has 1 aliphatic heterocycles. The molecule has 7 heteroatoms. The van der Waals surface area contributed by atoms with Gasteiger partial charge in [-0.3, -0.25) is 4.79 Å². The number of aliphatic hydroxyl groups is 1. The third-order valence-corrected chi connectivity index (χ3v) is 10.4. The van der Waals surface area contributed by atoms with Crippen molar-refractivity contribution in [1.82, 2.24) is 10.2 Å². The van der Waals surface area contributed by atoms with Crippen molar-refractivity contribution < 1.29 is 19.4 Å². The topological polar surface area (TPSA) is 74.3 Å². The summed E-state index contributed by atoms with van der Waals surface area (Å²) in [7, 11) is 3.43. The van der Waals surface area contributed by atoms with Gasteiger partial charge in [0.2, 0.25) is 5.91 Å². The number of benzene rings is 2. The maximum Gasteiger partial charge on any atom is 0.222 e. The molecule has 41 heavy (non-hydrogen) atoms. The first-order valence-corrected chi connectivity index (χ1v) is 15.3. The summed E-state index contributed by atoms with van der Waals surface area (Å²) in [5.74, 6) is 2.38. The third-order valence-electron chi connectivity index (χ3n) is 10.4. The normalized spacial score (nSPS) is 29.2. The molecule has 2 saturated carbocycles. The summed E-state index contributed by atoms with van der Waals surface area (Å²) in [5, 5.41) is 15.1. The molecule has 1 amide bonds. The molecule has 2 aromatic carbocycles. The van der Waals surface area contributed by atoms with Crippen LogP contribution in [0.3, 0.4) is 0 Å². The van der Waals surface area contributed by atoms with Crippen molar-refractivity contribution in [3.05, 3.63) is 54.1 Å². The first kappa shape index (κ1) is 29.7. The minimum Gasteiger partial charge on any atom is -0.496 e. The number of piperazine rings is 1. The molecule has 3 fully saturated rings. The number of para-hydroxylation sites is 3. The largest absolute Gasteiger partial charge is 0.496 e. The highest BCUT2D eigenvalue weighted by molar-refractivity contribution is 5.76. The number of carbonyl (C=O) groups is 1. The maximum atomic E-state index is 13.6. The first-order chi connectivity index (χ1) is 19.6. The summed E-state index contributed by atoms with van der Waals surface area (Å²) in [6, 6.07) is 16.6. The van der Waals surface area contributed by atoms with Gasteiger partial charge in [-0.25, -0.2) is 0 Å². The Bertz CT molecular complexity index is 1210. The number of anilines is 1. The Labute approximate surface area is 246 Å². The van der Waals surface area contributed by atoms with Gasteiger partial charge in [0.1, 0.15) is 11.5 Å². The Balaban J connectivity index is 1.28. The van der Waals surface area contributed by atoms with Gasteiger partial charge in [0, 0.05) is 50.7 Å². The molecule has 1 saturated heterocycles. The van der Waals surface area contributed by atoms with Crippen LogP contribution in [0.25, 0.3) is 0 Å². The maximum absolute atomic E-state index is 13.6. The number of hydrogen-bond acceptors (Lipinski definition) is 6. The lowest BCUT2D eigenvalue weighted by Gasteiger charge is -2.51. The van der Waals surface area contributed by atoms with E-state index in [-0.39, 0.29) is 22.8 Å². The van der Waals surface area contributed by atoms with Gasteiger partial charge in [0.15, 0.2) is 0 Å². The highest BCUT2D eigenvalue weighted by atomic mass is 16.5. The van der Waals surface area contributed by atoms with Crippen molar-refractivity contribution in [2.75, 3.05) is 45.3 Å². The molecule has 0 aromatic heterocycles. The van der Waals surface area contributed by atoms with Gasteiger partial charge in [0.05, 0.1) is 25.5 Å². The van der Waals surface area contributed by atoms with Crippen molar-refractivity contribution in [2.45, 2.75) is 77.5 Å². The number of hydrogen-bond donors (Lipinski definition) is 2. The van der Waals surface area contributed by atoms with Gasteiger partial charge in [-0.05, 0) is 74.0 Å². The molecule has 0 bridgehead atoms. The van der Waals surface area contributed by atoms with E-state index >= 15 is 0 Å². The van der Waals surface area contributed by atoms with E-state index in [1.807, 2.05) is 42.2 Å². The Morgan fingerprint density at radius 2 is 1.59 bits per heavy atom. The zero-order valence-electron chi connectivity index (χ0n) is 25.6. The van der Waals surface area contributed by atoms with Crippen LogP contribution in [-0.4, -0.2) is 68.0 Å². The van der Waals surface area contributed by atoms with E-state index in [4.69, 9.17) is 9.47 Å². The lowest BCUT2D eigenvalue weighted by molar-refractivity contribution is -0.133. The number of fused-ring (bicyclic) bond motifs is 1. The van der Waals surface area contributed by atoms with Crippen LogP contribution in [0.15, 0.2) is 48.5 Å². The quantitative estimate of drug-likeness (QED) is 0.434. The van der Waals surface area contributed by atoms with E-state index in [0.29, 0.717) is 12.3 Å². The van der Waals surface area contributed by atoms with Gasteiger partial charge >= 0.3 is 0 Å². The van der Waals surface area contributed by atoms with Crippen LogP contribution in [0.2, 0.25) is 0 Å². The van der Waals surface area contributed by atoms with E-state index < -0.39 is 5.60 Å². The number of rotatable bonds is 9. The van der Waals surface area contributed by atoms with Crippen molar-refractivity contribution in [1.29, 1.82) is 0 Å². The van der Waals surface area contributed by atoms with Crippen LogP contribution in [0.5, 0.6) is 11.5 Å². The molecule has 3 aliphatic rings. The first-order valence-electron chi connectivity index (χ1n) is 15.3. The molecule has 1 heterocycles. The molecule has 4 atom stereocenters. The van der Waals surface area contributed by atoms with Crippen LogP contribution < -0.4 is 19.7 Å². The third kappa shape index (κ3) is 6.07. The van der Waals surface area contributed by atoms with Crippen molar-refractivity contribution in [3.8, 4) is 11.5 Å². The van der Waals surface area contributed by atoms with E-state index in [1.54, 1.807) is 14.2 Å². The lowest BCUT2D eigenvalue weighted by atomic mass is 9.57. The van der Waals surface area contributed by atoms with Crippen molar-refractivity contribution >= 4 is 11.6 Å². The lowest BCUT2D eigenvalue weighted by Crippen LogP contribution is -2.52. The molecule has 0 unspecified atom stereocenters. The molecule has 7 nitrogen and oxygen atoms in total. The number of nitrogens with zero attached hydrogens (tertiary/aromatic N) is 2. The number of nitrogens with one attached hydrogen (secondary N) is 1. The molecule has 2 aliphatic carbocycles. The number of methoxy groups -OCH3 is 2. The summed E-state index contributed by atoms with van der Waals surface area (Å²) in [5.41, 5.74) is 1.64. The van der Waals surface area contributed by atoms with Crippen LogP contribution in [-0.2, 0) is 11.3 Å². The van der Waals surface area contributed by atoms with Crippen LogP contribution in [0.4, 0.5) is 5.69 Å². The Morgan fingerprint density at radius 1 is 0.927 bits per heavy atom. The second kappa shape index (κ2) is 11.8. The minimum absolute atomic E-state index is 0.0252. The fourth-order valence-corrected chi connectivity index (χ4v) is 8.18. The van der Waals surface area contributed by atoms with Crippen molar-refractivity contribution in [3.63, 3.8) is 0 Å². The fourth-order valence-electron chi connectivity index (χ4n) is 8.18. The van der Waals surface area contributed by atoms with Gasteiger partial charge in [0.25, 0.3) is 0 Å². The average molecular weight is 564 g/mol. The van der Waals surface area contributed by atoms with E-state index in [0.717, 1.165) is 87.6 Å². The number of amides is 1. The highest BCUT2D eigenvalue weighted by Gasteiger charge is 2.61. The standard InChI is InChI=1S/C34H49N3O4/c1-32(2)23-30(35-24-25-10-6-8-12-27(25)40-4)34(17-16-33(3,39)22-29(32)34)15-14-31(38)37-20-18-36(19-21-37)26-11-7-9-13-28(26)41-5/h6-13,29-30,35,39H,14-24H2,1-5H3/t29-,30-,33-,34-/m0/s1. The van der Waals surface area contributed by atoms with E-state index in [2.05, 4.69) is 42.3 Å². The second-order valence-corrected chi connectivity index (χ2v) is 13.5. The van der Waals surface area contributed by atoms with Gasteiger partial charge in [-0.1, -0.05) is 44.2 Å². The van der Waals surface area contributed by atoms with Crippen LogP contribution >= 0.6 is 0 Å². The summed E-state index contributed by atoms with van der Waals surface area (Å²) in [6.07, 6.45) is 4.95. The Kier molecular flexibility index (Phi) is 8.58. The second-order valence-electron chi connectivity index (χ2n) is 13.5. The molecule has 224 valence electrons. The van der Waals surface area contributed by atoms with E-state index in [1.165, 1.54) is 0 Å². The average Bonchev–Trinajstić information content (AvgIpc) is 3.19. The zero-order chi connectivity index (χ0) is 29.3. The zero-order valence-corrected chi connectivity index (χ0v) is 25.6. The van der Waals surface area contributed by atoms with Crippen LogP contribution in [0.1, 0.15) is 64.9 Å². The summed E-state index contributed by atoms with van der Waals surface area (Å²) >= 11 is 0. The predicted molar refractivity (Wildman–Crippen MR) is 163 cm³/mol. The molecule has 5 rings (SSSR count). The van der Waals surface area contributed by atoms with Gasteiger partial charge in [-0.15, -0.1) is 0 Å².